The lowest BCUT2D eigenvalue weighted by atomic mass is 9.90. The number of ether oxygens (including phenoxy) is 1. The molecule has 3 unspecified atom stereocenters. The molecule has 1 saturated carbocycles. The van der Waals surface area contributed by atoms with E-state index in [1.807, 2.05) is 6.92 Å². The standard InChI is InChI=1S/C14H24N2O4/c1-9(11(20-3)10-4-5-10)15-13(19)16-7-6-14(2,8-16)12(17)18/h9-11H,4-8H2,1-3H3,(H,15,19)(H,17,18). The van der Waals surface area contributed by atoms with Crippen molar-refractivity contribution < 1.29 is 19.4 Å². The summed E-state index contributed by atoms with van der Waals surface area (Å²) in [6.07, 6.45) is 2.85. The topological polar surface area (TPSA) is 78.9 Å². The summed E-state index contributed by atoms with van der Waals surface area (Å²) in [4.78, 5) is 25.0. The van der Waals surface area contributed by atoms with E-state index in [4.69, 9.17) is 4.74 Å². The quantitative estimate of drug-likeness (QED) is 0.797. The number of nitrogens with zero attached hydrogens (tertiary/aromatic N) is 1. The number of amides is 2. The Morgan fingerprint density at radius 1 is 1.45 bits per heavy atom. The molecule has 0 bridgehead atoms. The number of methoxy groups -OCH3 is 1. The van der Waals surface area contributed by atoms with Crippen LogP contribution in [-0.4, -0.2) is 54.4 Å². The van der Waals surface area contributed by atoms with Gasteiger partial charge in [0.2, 0.25) is 0 Å². The number of carbonyl (C=O) groups is 2. The van der Waals surface area contributed by atoms with Gasteiger partial charge in [0.25, 0.3) is 0 Å². The van der Waals surface area contributed by atoms with E-state index >= 15 is 0 Å². The van der Waals surface area contributed by atoms with E-state index in [0.29, 0.717) is 18.9 Å². The molecule has 6 nitrogen and oxygen atoms in total. The first-order chi connectivity index (χ1) is 9.37. The highest BCUT2D eigenvalue weighted by molar-refractivity contribution is 5.79. The molecular weight excluding hydrogens is 260 g/mol. The van der Waals surface area contributed by atoms with Crippen molar-refractivity contribution >= 4 is 12.0 Å². The predicted octanol–water partition coefficient (Wildman–Crippen LogP) is 1.31. The van der Waals surface area contributed by atoms with Gasteiger partial charge in [0.05, 0.1) is 17.6 Å². The molecule has 0 aromatic rings. The van der Waals surface area contributed by atoms with E-state index in [9.17, 15) is 14.7 Å². The second-order valence-electron chi connectivity index (χ2n) is 6.31. The van der Waals surface area contributed by atoms with E-state index in [-0.39, 0.29) is 24.7 Å². The SMILES string of the molecule is COC(C1CC1)C(C)NC(=O)N1CCC(C)(C(=O)O)C1. The van der Waals surface area contributed by atoms with Crippen molar-refractivity contribution in [3.05, 3.63) is 0 Å². The summed E-state index contributed by atoms with van der Waals surface area (Å²) in [6.45, 7) is 4.38. The Morgan fingerprint density at radius 3 is 2.55 bits per heavy atom. The lowest BCUT2D eigenvalue weighted by Crippen LogP contribution is -2.49. The zero-order chi connectivity index (χ0) is 14.9. The van der Waals surface area contributed by atoms with Gasteiger partial charge in [0.1, 0.15) is 0 Å². The van der Waals surface area contributed by atoms with Crippen LogP contribution >= 0.6 is 0 Å². The number of carboxylic acid groups (broad SMARTS) is 1. The highest BCUT2D eigenvalue weighted by atomic mass is 16.5. The van der Waals surface area contributed by atoms with Crippen LogP contribution in [-0.2, 0) is 9.53 Å². The van der Waals surface area contributed by atoms with Crippen LogP contribution in [0.5, 0.6) is 0 Å². The van der Waals surface area contributed by atoms with Crippen LogP contribution in [0, 0.1) is 11.3 Å². The molecule has 0 radical (unpaired) electrons. The normalized spacial score (nSPS) is 29.1. The van der Waals surface area contributed by atoms with Crippen molar-refractivity contribution in [2.75, 3.05) is 20.2 Å². The largest absolute Gasteiger partial charge is 0.481 e. The summed E-state index contributed by atoms with van der Waals surface area (Å²) in [6, 6.07) is -0.248. The first-order valence-electron chi connectivity index (χ1n) is 7.19. The maximum absolute atomic E-state index is 12.2. The van der Waals surface area contributed by atoms with Crippen LogP contribution in [0.2, 0.25) is 0 Å². The van der Waals surface area contributed by atoms with Gasteiger partial charge >= 0.3 is 12.0 Å². The summed E-state index contributed by atoms with van der Waals surface area (Å²) < 4.78 is 5.45. The van der Waals surface area contributed by atoms with Crippen molar-refractivity contribution in [2.45, 2.75) is 45.3 Å². The first kappa shape index (κ1) is 15.1. The van der Waals surface area contributed by atoms with Crippen LogP contribution < -0.4 is 5.32 Å². The molecule has 2 aliphatic rings. The summed E-state index contributed by atoms with van der Waals surface area (Å²) in [5, 5.41) is 12.1. The third-order valence-corrected chi connectivity index (χ3v) is 4.48. The molecule has 20 heavy (non-hydrogen) atoms. The Hall–Kier alpha value is -1.30. The van der Waals surface area contributed by atoms with Crippen molar-refractivity contribution in [1.82, 2.24) is 10.2 Å². The van der Waals surface area contributed by atoms with Crippen molar-refractivity contribution in [1.29, 1.82) is 0 Å². The van der Waals surface area contributed by atoms with Gasteiger partial charge in [0, 0.05) is 20.2 Å². The average molecular weight is 284 g/mol. The minimum absolute atomic E-state index is 0.0485. The zero-order valence-corrected chi connectivity index (χ0v) is 12.4. The van der Waals surface area contributed by atoms with E-state index in [2.05, 4.69) is 5.32 Å². The fraction of sp³-hybridized carbons (Fsp3) is 0.857. The minimum Gasteiger partial charge on any atom is -0.481 e. The average Bonchev–Trinajstić information content (AvgIpc) is 3.12. The molecule has 6 heteroatoms. The number of rotatable bonds is 5. The minimum atomic E-state index is -0.839. The molecule has 0 aromatic heterocycles. The lowest BCUT2D eigenvalue weighted by molar-refractivity contribution is -0.147. The second-order valence-corrected chi connectivity index (χ2v) is 6.31. The molecule has 1 heterocycles. The van der Waals surface area contributed by atoms with Gasteiger partial charge in [-0.25, -0.2) is 4.79 Å². The molecule has 114 valence electrons. The molecule has 0 aromatic carbocycles. The first-order valence-corrected chi connectivity index (χ1v) is 7.19. The zero-order valence-electron chi connectivity index (χ0n) is 12.4. The van der Waals surface area contributed by atoms with Crippen LogP contribution in [0.25, 0.3) is 0 Å². The number of carbonyl (C=O) groups excluding carboxylic acids is 1. The highest BCUT2D eigenvalue weighted by Crippen LogP contribution is 2.35. The third kappa shape index (κ3) is 3.06. The van der Waals surface area contributed by atoms with Crippen LogP contribution in [0.4, 0.5) is 4.79 Å². The number of likely N-dealkylation sites (tertiary alicyclic amines) is 1. The Balaban J connectivity index is 1.87. The van der Waals surface area contributed by atoms with Gasteiger partial charge < -0.3 is 20.1 Å². The molecule has 2 rings (SSSR count). The molecule has 1 saturated heterocycles. The molecular formula is C14H24N2O4. The molecule has 2 N–H and O–H groups in total. The smallest absolute Gasteiger partial charge is 0.317 e. The number of carboxylic acids is 1. The maximum Gasteiger partial charge on any atom is 0.317 e. The summed E-state index contributed by atoms with van der Waals surface area (Å²) >= 11 is 0. The summed E-state index contributed by atoms with van der Waals surface area (Å²) in [5.74, 6) is -0.299. The molecule has 0 spiro atoms. The maximum atomic E-state index is 12.2. The van der Waals surface area contributed by atoms with Gasteiger partial charge in [-0.2, -0.15) is 0 Å². The van der Waals surface area contributed by atoms with E-state index in [1.165, 1.54) is 0 Å². The van der Waals surface area contributed by atoms with Crippen LogP contribution in [0.1, 0.15) is 33.1 Å². The highest BCUT2D eigenvalue weighted by Gasteiger charge is 2.43. The summed E-state index contributed by atoms with van der Waals surface area (Å²) in [5.41, 5.74) is -0.822. The molecule has 2 fully saturated rings. The Kier molecular flexibility index (Phi) is 4.22. The van der Waals surface area contributed by atoms with E-state index < -0.39 is 11.4 Å². The Morgan fingerprint density at radius 2 is 2.10 bits per heavy atom. The van der Waals surface area contributed by atoms with Gasteiger partial charge in [-0.1, -0.05) is 0 Å². The van der Waals surface area contributed by atoms with Crippen molar-refractivity contribution in [3.8, 4) is 0 Å². The number of hydrogen-bond donors (Lipinski definition) is 2. The van der Waals surface area contributed by atoms with E-state index in [1.54, 1.807) is 18.9 Å². The van der Waals surface area contributed by atoms with Gasteiger partial charge in [0.15, 0.2) is 0 Å². The molecule has 2 amide bonds. The van der Waals surface area contributed by atoms with Crippen molar-refractivity contribution in [3.63, 3.8) is 0 Å². The Labute approximate surface area is 119 Å². The second kappa shape index (κ2) is 5.60. The van der Waals surface area contributed by atoms with Crippen LogP contribution in [0.15, 0.2) is 0 Å². The summed E-state index contributed by atoms with van der Waals surface area (Å²) in [7, 11) is 1.67. The third-order valence-electron chi connectivity index (χ3n) is 4.48. The number of aliphatic carboxylic acids is 1. The van der Waals surface area contributed by atoms with Crippen molar-refractivity contribution in [2.24, 2.45) is 11.3 Å². The number of urea groups is 1. The molecule has 3 atom stereocenters. The Bertz CT molecular complexity index is 397. The fourth-order valence-corrected chi connectivity index (χ4v) is 2.91. The van der Waals surface area contributed by atoms with Crippen LogP contribution in [0.3, 0.4) is 0 Å². The van der Waals surface area contributed by atoms with Gasteiger partial charge in [-0.15, -0.1) is 0 Å². The van der Waals surface area contributed by atoms with Gasteiger partial charge in [-0.3, -0.25) is 4.79 Å². The van der Waals surface area contributed by atoms with Gasteiger partial charge in [-0.05, 0) is 39.0 Å². The lowest BCUT2D eigenvalue weighted by Gasteiger charge is -2.27. The molecule has 1 aliphatic heterocycles. The predicted molar refractivity (Wildman–Crippen MR) is 73.4 cm³/mol. The van der Waals surface area contributed by atoms with E-state index in [0.717, 1.165) is 12.8 Å². The number of hydrogen-bond acceptors (Lipinski definition) is 3. The monoisotopic (exact) mass is 284 g/mol. The molecule has 1 aliphatic carbocycles. The number of nitrogens with one attached hydrogen (secondary N) is 1. The fourth-order valence-electron chi connectivity index (χ4n) is 2.91.